The van der Waals surface area contributed by atoms with Crippen LogP contribution in [0.15, 0.2) is 18.3 Å². The first-order valence-electron chi connectivity index (χ1n) is 5.12. The molecule has 0 amide bonds. The van der Waals surface area contributed by atoms with Gasteiger partial charge in [0.25, 0.3) is 0 Å². The molecule has 0 aliphatic carbocycles. The zero-order valence-electron chi connectivity index (χ0n) is 9.57. The Morgan fingerprint density at radius 1 is 1.53 bits per heavy atom. The number of likely N-dealkylation sites (N-methyl/N-ethyl adjacent to an activating group) is 1. The third-order valence-corrected chi connectivity index (χ3v) is 2.48. The van der Waals surface area contributed by atoms with Crippen LogP contribution in [0.1, 0.15) is 12.5 Å². The topological polar surface area (TPSA) is 48.4 Å². The summed E-state index contributed by atoms with van der Waals surface area (Å²) in [7, 11) is 3.84. The van der Waals surface area contributed by atoms with E-state index in [1.54, 1.807) is 0 Å². The van der Waals surface area contributed by atoms with Crippen molar-refractivity contribution < 1.29 is 5.11 Å². The zero-order valence-corrected chi connectivity index (χ0v) is 9.57. The number of hydrogen-bond acceptors (Lipinski definition) is 4. The third-order valence-electron chi connectivity index (χ3n) is 2.48. The van der Waals surface area contributed by atoms with E-state index in [1.807, 2.05) is 44.2 Å². The fourth-order valence-electron chi connectivity index (χ4n) is 1.28. The highest BCUT2D eigenvalue weighted by molar-refractivity contribution is 5.39. The van der Waals surface area contributed by atoms with Crippen molar-refractivity contribution in [2.24, 2.45) is 0 Å². The van der Waals surface area contributed by atoms with Crippen molar-refractivity contribution in [1.29, 1.82) is 0 Å². The SMILES string of the molecule is CNCc1ccc(N(C)C(C)CO)nc1. The molecular formula is C11H19N3O. The summed E-state index contributed by atoms with van der Waals surface area (Å²) in [5, 5.41) is 12.1. The maximum absolute atomic E-state index is 9.03. The molecule has 1 aromatic heterocycles. The van der Waals surface area contributed by atoms with E-state index in [2.05, 4.69) is 10.3 Å². The highest BCUT2D eigenvalue weighted by Gasteiger charge is 2.09. The Balaban J connectivity index is 2.70. The lowest BCUT2D eigenvalue weighted by atomic mass is 10.2. The smallest absolute Gasteiger partial charge is 0.128 e. The molecule has 1 aromatic rings. The van der Waals surface area contributed by atoms with Crippen molar-refractivity contribution in [2.45, 2.75) is 19.5 Å². The molecule has 15 heavy (non-hydrogen) atoms. The number of pyridine rings is 1. The van der Waals surface area contributed by atoms with Gasteiger partial charge in [-0.2, -0.15) is 0 Å². The standard InChI is InChI=1S/C11H19N3O/c1-9(8-15)14(3)11-5-4-10(6-12-2)7-13-11/h4-5,7,9,12,15H,6,8H2,1-3H3. The van der Waals surface area contributed by atoms with Gasteiger partial charge in [-0.3, -0.25) is 0 Å². The second kappa shape index (κ2) is 5.68. The fourth-order valence-corrected chi connectivity index (χ4v) is 1.28. The van der Waals surface area contributed by atoms with E-state index >= 15 is 0 Å². The summed E-state index contributed by atoms with van der Waals surface area (Å²) in [5.41, 5.74) is 1.16. The highest BCUT2D eigenvalue weighted by atomic mass is 16.3. The molecule has 1 atom stereocenters. The van der Waals surface area contributed by atoms with Gasteiger partial charge in [0.2, 0.25) is 0 Å². The molecule has 0 spiro atoms. The Hall–Kier alpha value is -1.13. The molecule has 0 aromatic carbocycles. The second-order valence-electron chi connectivity index (χ2n) is 3.70. The van der Waals surface area contributed by atoms with Crippen molar-refractivity contribution >= 4 is 5.82 Å². The minimum Gasteiger partial charge on any atom is -0.394 e. The van der Waals surface area contributed by atoms with Gasteiger partial charge in [-0.15, -0.1) is 0 Å². The minimum absolute atomic E-state index is 0.0904. The van der Waals surface area contributed by atoms with Crippen LogP contribution in [0.3, 0.4) is 0 Å². The number of aliphatic hydroxyl groups excluding tert-OH is 1. The number of hydrogen-bond donors (Lipinski definition) is 2. The van der Waals surface area contributed by atoms with Gasteiger partial charge in [-0.25, -0.2) is 4.98 Å². The fraction of sp³-hybridized carbons (Fsp3) is 0.545. The van der Waals surface area contributed by atoms with Crippen LogP contribution >= 0.6 is 0 Å². The van der Waals surface area contributed by atoms with Gasteiger partial charge in [-0.1, -0.05) is 6.07 Å². The zero-order chi connectivity index (χ0) is 11.3. The summed E-state index contributed by atoms with van der Waals surface area (Å²) in [6.45, 7) is 2.92. The first kappa shape index (κ1) is 11.9. The summed E-state index contributed by atoms with van der Waals surface area (Å²) < 4.78 is 0. The maximum Gasteiger partial charge on any atom is 0.128 e. The average molecular weight is 209 g/mol. The molecule has 4 nitrogen and oxygen atoms in total. The molecule has 0 saturated carbocycles. The third kappa shape index (κ3) is 3.18. The van der Waals surface area contributed by atoms with Gasteiger partial charge in [-0.05, 0) is 25.6 Å². The Morgan fingerprint density at radius 2 is 2.27 bits per heavy atom. The van der Waals surface area contributed by atoms with Crippen molar-refractivity contribution in [3.05, 3.63) is 23.9 Å². The molecular weight excluding hydrogens is 190 g/mol. The van der Waals surface area contributed by atoms with Gasteiger partial charge < -0.3 is 15.3 Å². The van der Waals surface area contributed by atoms with Crippen LogP contribution in [-0.2, 0) is 6.54 Å². The molecule has 84 valence electrons. The van der Waals surface area contributed by atoms with E-state index in [-0.39, 0.29) is 12.6 Å². The first-order chi connectivity index (χ1) is 7.19. The maximum atomic E-state index is 9.03. The average Bonchev–Trinajstić information content (AvgIpc) is 2.28. The van der Waals surface area contributed by atoms with Gasteiger partial charge >= 0.3 is 0 Å². The second-order valence-corrected chi connectivity index (χ2v) is 3.70. The van der Waals surface area contributed by atoms with Crippen LogP contribution in [0.4, 0.5) is 5.82 Å². The van der Waals surface area contributed by atoms with E-state index in [0.29, 0.717) is 0 Å². The van der Waals surface area contributed by atoms with Crippen LogP contribution in [0.25, 0.3) is 0 Å². The predicted molar refractivity (Wildman–Crippen MR) is 62.0 cm³/mol. The van der Waals surface area contributed by atoms with Crippen LogP contribution in [0.5, 0.6) is 0 Å². The monoisotopic (exact) mass is 209 g/mol. The van der Waals surface area contributed by atoms with Crippen LogP contribution in [0.2, 0.25) is 0 Å². The van der Waals surface area contributed by atoms with Gasteiger partial charge in [0.05, 0.1) is 12.6 Å². The molecule has 0 aliphatic rings. The molecule has 4 heteroatoms. The first-order valence-corrected chi connectivity index (χ1v) is 5.12. The Kier molecular flexibility index (Phi) is 4.52. The molecule has 0 aliphatic heterocycles. The van der Waals surface area contributed by atoms with Crippen molar-refractivity contribution in [2.75, 3.05) is 25.6 Å². The number of aromatic nitrogens is 1. The van der Waals surface area contributed by atoms with E-state index in [1.165, 1.54) is 0 Å². The number of rotatable bonds is 5. The normalized spacial score (nSPS) is 12.5. The van der Waals surface area contributed by atoms with Crippen LogP contribution in [-0.4, -0.2) is 36.8 Å². The predicted octanol–water partition coefficient (Wildman–Crippen LogP) is 0.618. The Bertz CT molecular complexity index is 286. The van der Waals surface area contributed by atoms with Crippen LogP contribution < -0.4 is 10.2 Å². The highest BCUT2D eigenvalue weighted by Crippen LogP contribution is 2.12. The van der Waals surface area contributed by atoms with E-state index in [4.69, 9.17) is 5.11 Å². The summed E-state index contributed by atoms with van der Waals surface area (Å²) in [5.74, 6) is 0.886. The van der Waals surface area contributed by atoms with E-state index in [0.717, 1.165) is 17.9 Å². The quantitative estimate of drug-likeness (QED) is 0.746. The minimum atomic E-state index is 0.0904. The molecule has 0 bridgehead atoms. The number of nitrogens with zero attached hydrogens (tertiary/aromatic N) is 2. The van der Waals surface area contributed by atoms with E-state index in [9.17, 15) is 0 Å². The molecule has 0 saturated heterocycles. The van der Waals surface area contributed by atoms with Crippen molar-refractivity contribution in [3.63, 3.8) is 0 Å². The van der Waals surface area contributed by atoms with Gasteiger partial charge in [0.1, 0.15) is 5.82 Å². The molecule has 0 radical (unpaired) electrons. The van der Waals surface area contributed by atoms with Gasteiger partial charge in [0.15, 0.2) is 0 Å². The lowest BCUT2D eigenvalue weighted by molar-refractivity contribution is 0.270. The summed E-state index contributed by atoms with van der Waals surface area (Å²) >= 11 is 0. The lowest BCUT2D eigenvalue weighted by Gasteiger charge is -2.24. The number of nitrogens with one attached hydrogen (secondary N) is 1. The van der Waals surface area contributed by atoms with Crippen LogP contribution in [0, 0.1) is 0 Å². The van der Waals surface area contributed by atoms with E-state index < -0.39 is 0 Å². The summed E-state index contributed by atoms with van der Waals surface area (Å²) in [6, 6.07) is 4.10. The Labute approximate surface area is 90.9 Å². The van der Waals surface area contributed by atoms with Crippen molar-refractivity contribution in [1.82, 2.24) is 10.3 Å². The molecule has 1 heterocycles. The summed E-state index contributed by atoms with van der Waals surface area (Å²) in [6.07, 6.45) is 1.85. The lowest BCUT2D eigenvalue weighted by Crippen LogP contribution is -2.32. The molecule has 1 rings (SSSR count). The molecule has 0 fully saturated rings. The largest absolute Gasteiger partial charge is 0.394 e. The van der Waals surface area contributed by atoms with Gasteiger partial charge in [0, 0.05) is 19.8 Å². The Morgan fingerprint density at radius 3 is 2.73 bits per heavy atom. The van der Waals surface area contributed by atoms with Crippen molar-refractivity contribution in [3.8, 4) is 0 Å². The number of aliphatic hydroxyl groups is 1. The summed E-state index contributed by atoms with van der Waals surface area (Å²) in [4.78, 5) is 6.30. The molecule has 2 N–H and O–H groups in total. The number of anilines is 1. The molecule has 1 unspecified atom stereocenters.